The summed E-state index contributed by atoms with van der Waals surface area (Å²) in [5.74, 6) is 0. The average Bonchev–Trinajstić information content (AvgIpc) is 2.57. The molecule has 2 N–H and O–H groups in total. The molecule has 1 heterocycles. The van der Waals surface area contributed by atoms with Gasteiger partial charge in [0.2, 0.25) is 0 Å². The second-order valence-electron chi connectivity index (χ2n) is 4.28. The van der Waals surface area contributed by atoms with E-state index in [1.54, 1.807) is 0 Å². The minimum absolute atomic E-state index is 0.0492. The van der Waals surface area contributed by atoms with Gasteiger partial charge in [-0.2, -0.15) is 5.10 Å². The molecule has 0 fully saturated rings. The van der Waals surface area contributed by atoms with Crippen molar-refractivity contribution in [3.63, 3.8) is 0 Å². The van der Waals surface area contributed by atoms with Crippen LogP contribution in [0.15, 0.2) is 24.3 Å². The van der Waals surface area contributed by atoms with E-state index >= 15 is 0 Å². The van der Waals surface area contributed by atoms with Crippen LogP contribution in [0.1, 0.15) is 29.9 Å². The van der Waals surface area contributed by atoms with Gasteiger partial charge in [-0.25, -0.2) is 4.68 Å². The zero-order valence-corrected chi connectivity index (χ0v) is 11.0. The number of aromatic nitrogens is 2. The van der Waals surface area contributed by atoms with Crippen LogP contribution in [0.2, 0.25) is 5.02 Å². The second-order valence-corrected chi connectivity index (χ2v) is 4.65. The first-order chi connectivity index (χ1) is 8.00. The fraction of sp³-hybridized carbons (Fsp3) is 0.308. The van der Waals surface area contributed by atoms with Crippen molar-refractivity contribution in [3.05, 3.63) is 46.2 Å². The summed E-state index contributed by atoms with van der Waals surface area (Å²) in [6.07, 6.45) is 0. The molecule has 1 atom stereocenters. The van der Waals surface area contributed by atoms with Crippen molar-refractivity contribution in [1.29, 1.82) is 0 Å². The Bertz CT molecular complexity index is 526. The van der Waals surface area contributed by atoms with Crippen molar-refractivity contribution in [2.24, 2.45) is 5.73 Å². The number of rotatable bonds is 2. The van der Waals surface area contributed by atoms with Gasteiger partial charge in [-0.15, -0.1) is 0 Å². The summed E-state index contributed by atoms with van der Waals surface area (Å²) >= 11 is 6.13. The molecular weight excluding hydrogens is 234 g/mol. The lowest BCUT2D eigenvalue weighted by Gasteiger charge is -2.08. The van der Waals surface area contributed by atoms with Gasteiger partial charge >= 0.3 is 0 Å². The summed E-state index contributed by atoms with van der Waals surface area (Å²) in [5, 5.41) is 5.13. The van der Waals surface area contributed by atoms with E-state index in [9.17, 15) is 0 Å². The first kappa shape index (κ1) is 12.1. The molecule has 17 heavy (non-hydrogen) atoms. The first-order valence-electron chi connectivity index (χ1n) is 5.58. The van der Waals surface area contributed by atoms with E-state index in [1.165, 1.54) is 0 Å². The molecule has 3 nitrogen and oxygen atoms in total. The van der Waals surface area contributed by atoms with Crippen LogP contribution in [0.25, 0.3) is 5.69 Å². The molecule has 0 aliphatic carbocycles. The first-order valence-corrected chi connectivity index (χ1v) is 5.96. The highest BCUT2D eigenvalue weighted by atomic mass is 35.5. The lowest BCUT2D eigenvalue weighted by atomic mass is 10.1. The van der Waals surface area contributed by atoms with Gasteiger partial charge in [0.05, 0.1) is 22.1 Å². The van der Waals surface area contributed by atoms with Crippen LogP contribution in [0.5, 0.6) is 0 Å². The average molecular weight is 250 g/mol. The molecule has 1 aromatic carbocycles. The molecule has 2 aromatic rings. The lowest BCUT2D eigenvalue weighted by Crippen LogP contribution is -2.05. The Hall–Kier alpha value is -1.32. The molecule has 1 aromatic heterocycles. The highest BCUT2D eigenvalue weighted by Gasteiger charge is 2.10. The highest BCUT2D eigenvalue weighted by molar-refractivity contribution is 6.31. The van der Waals surface area contributed by atoms with Crippen LogP contribution in [-0.2, 0) is 0 Å². The SMILES string of the molecule is Cc1nn(-c2ccc([C@H](C)N)cc2)c(C)c1Cl. The molecule has 0 unspecified atom stereocenters. The molecule has 2 rings (SSSR count). The standard InChI is InChI=1S/C13H16ClN3/c1-8(15)11-4-6-12(7-5-11)17-10(3)13(14)9(2)16-17/h4-8H,15H2,1-3H3/t8-/m0/s1. The van der Waals surface area contributed by atoms with Crippen molar-refractivity contribution >= 4 is 11.6 Å². The summed E-state index contributed by atoms with van der Waals surface area (Å²) in [6.45, 7) is 5.83. The number of halogens is 1. The van der Waals surface area contributed by atoms with Gasteiger partial charge in [0, 0.05) is 6.04 Å². The molecule has 0 aliphatic rings. The minimum Gasteiger partial charge on any atom is -0.324 e. The maximum absolute atomic E-state index is 6.13. The monoisotopic (exact) mass is 249 g/mol. The highest BCUT2D eigenvalue weighted by Crippen LogP contribution is 2.23. The Kier molecular flexibility index (Phi) is 3.22. The van der Waals surface area contributed by atoms with Crippen LogP contribution in [-0.4, -0.2) is 9.78 Å². The molecule has 0 saturated carbocycles. The van der Waals surface area contributed by atoms with E-state index < -0.39 is 0 Å². The molecule has 0 amide bonds. The maximum atomic E-state index is 6.13. The van der Waals surface area contributed by atoms with E-state index in [0.717, 1.165) is 27.7 Å². The fourth-order valence-electron chi connectivity index (χ4n) is 1.79. The topological polar surface area (TPSA) is 43.8 Å². The van der Waals surface area contributed by atoms with Crippen LogP contribution in [0.3, 0.4) is 0 Å². The Morgan fingerprint density at radius 1 is 1.24 bits per heavy atom. The number of nitrogens with zero attached hydrogens (tertiary/aromatic N) is 2. The molecule has 90 valence electrons. The van der Waals surface area contributed by atoms with E-state index in [2.05, 4.69) is 5.10 Å². The van der Waals surface area contributed by atoms with Crippen LogP contribution >= 0.6 is 11.6 Å². The van der Waals surface area contributed by atoms with Gasteiger partial charge in [-0.3, -0.25) is 0 Å². The van der Waals surface area contributed by atoms with E-state index in [1.807, 2.05) is 49.7 Å². The van der Waals surface area contributed by atoms with Crippen LogP contribution in [0.4, 0.5) is 0 Å². The number of hydrogen-bond donors (Lipinski definition) is 1. The third kappa shape index (κ3) is 2.21. The Morgan fingerprint density at radius 3 is 2.24 bits per heavy atom. The molecule has 0 radical (unpaired) electrons. The molecule has 0 saturated heterocycles. The molecular formula is C13H16ClN3. The lowest BCUT2D eigenvalue weighted by molar-refractivity contribution is 0.808. The predicted molar refractivity (Wildman–Crippen MR) is 70.7 cm³/mol. The quantitative estimate of drug-likeness (QED) is 0.889. The number of nitrogens with two attached hydrogens (primary N) is 1. The molecule has 0 bridgehead atoms. The summed E-state index contributed by atoms with van der Waals surface area (Å²) in [7, 11) is 0. The number of hydrogen-bond acceptors (Lipinski definition) is 2. The van der Waals surface area contributed by atoms with E-state index in [-0.39, 0.29) is 6.04 Å². The van der Waals surface area contributed by atoms with E-state index in [4.69, 9.17) is 17.3 Å². The molecule has 0 spiro atoms. The normalized spacial score (nSPS) is 12.8. The predicted octanol–water partition coefficient (Wildman–Crippen LogP) is 3.16. The van der Waals surface area contributed by atoms with Gasteiger partial charge in [0.1, 0.15) is 0 Å². The third-order valence-electron chi connectivity index (χ3n) is 2.87. The van der Waals surface area contributed by atoms with Crippen molar-refractivity contribution in [3.8, 4) is 5.69 Å². The summed E-state index contributed by atoms with van der Waals surface area (Å²) in [6, 6.07) is 8.10. The van der Waals surface area contributed by atoms with Crippen molar-refractivity contribution in [1.82, 2.24) is 9.78 Å². The van der Waals surface area contributed by atoms with Gasteiger partial charge in [0.25, 0.3) is 0 Å². The van der Waals surface area contributed by atoms with Crippen molar-refractivity contribution < 1.29 is 0 Å². The van der Waals surface area contributed by atoms with Gasteiger partial charge < -0.3 is 5.73 Å². The molecule has 0 aliphatic heterocycles. The van der Waals surface area contributed by atoms with Crippen LogP contribution < -0.4 is 5.73 Å². The zero-order chi connectivity index (χ0) is 12.6. The van der Waals surface area contributed by atoms with Gasteiger partial charge in [0.15, 0.2) is 0 Å². The van der Waals surface area contributed by atoms with Gasteiger partial charge in [-0.1, -0.05) is 23.7 Å². The zero-order valence-electron chi connectivity index (χ0n) is 10.2. The molecule has 4 heteroatoms. The second kappa shape index (κ2) is 4.51. The smallest absolute Gasteiger partial charge is 0.0848 e. The minimum atomic E-state index is 0.0492. The Labute approximate surface area is 106 Å². The van der Waals surface area contributed by atoms with Crippen LogP contribution in [0, 0.1) is 13.8 Å². The van der Waals surface area contributed by atoms with E-state index in [0.29, 0.717) is 0 Å². The van der Waals surface area contributed by atoms with Gasteiger partial charge in [-0.05, 0) is 38.5 Å². The summed E-state index contributed by atoms with van der Waals surface area (Å²) in [5.41, 5.74) is 9.74. The number of aryl methyl sites for hydroxylation is 1. The Morgan fingerprint density at radius 2 is 1.82 bits per heavy atom. The van der Waals surface area contributed by atoms with Crippen molar-refractivity contribution in [2.45, 2.75) is 26.8 Å². The largest absolute Gasteiger partial charge is 0.324 e. The number of benzene rings is 1. The third-order valence-corrected chi connectivity index (χ3v) is 3.41. The Balaban J connectivity index is 2.43. The summed E-state index contributed by atoms with van der Waals surface area (Å²) in [4.78, 5) is 0. The fourth-order valence-corrected chi connectivity index (χ4v) is 1.91. The summed E-state index contributed by atoms with van der Waals surface area (Å²) < 4.78 is 1.85. The maximum Gasteiger partial charge on any atom is 0.0848 e. The van der Waals surface area contributed by atoms with Crippen molar-refractivity contribution in [2.75, 3.05) is 0 Å².